The highest BCUT2D eigenvalue weighted by atomic mass is 16.4. The first-order chi connectivity index (χ1) is 10.4. The Bertz CT molecular complexity index is 293. The second kappa shape index (κ2) is 11.0. The SMILES string of the molecule is CCCCCC(O)(CCCCC)C(O)(CCCCC)C(=O)O. The van der Waals surface area contributed by atoms with Crippen molar-refractivity contribution in [3.63, 3.8) is 0 Å². The van der Waals surface area contributed by atoms with Crippen molar-refractivity contribution in [1.29, 1.82) is 0 Å². The van der Waals surface area contributed by atoms with Crippen LogP contribution in [0, 0.1) is 0 Å². The van der Waals surface area contributed by atoms with E-state index in [1.54, 1.807) is 0 Å². The molecule has 4 heteroatoms. The van der Waals surface area contributed by atoms with Gasteiger partial charge in [0, 0.05) is 0 Å². The molecule has 132 valence electrons. The van der Waals surface area contributed by atoms with E-state index in [-0.39, 0.29) is 6.42 Å². The van der Waals surface area contributed by atoms with Gasteiger partial charge in [0.05, 0.1) is 0 Å². The zero-order valence-corrected chi connectivity index (χ0v) is 14.7. The average molecular weight is 316 g/mol. The molecule has 22 heavy (non-hydrogen) atoms. The highest BCUT2D eigenvalue weighted by Crippen LogP contribution is 2.37. The largest absolute Gasteiger partial charge is 0.479 e. The summed E-state index contributed by atoms with van der Waals surface area (Å²) < 4.78 is 0. The number of carbonyl (C=O) groups is 1. The lowest BCUT2D eigenvalue weighted by Gasteiger charge is -2.41. The molecule has 0 radical (unpaired) electrons. The molecule has 3 N–H and O–H groups in total. The summed E-state index contributed by atoms with van der Waals surface area (Å²) in [6.45, 7) is 6.18. The van der Waals surface area contributed by atoms with Crippen LogP contribution < -0.4 is 0 Å². The minimum atomic E-state index is -2.02. The number of aliphatic hydroxyl groups is 2. The van der Waals surface area contributed by atoms with Gasteiger partial charge in [-0.2, -0.15) is 0 Å². The molecule has 0 saturated heterocycles. The van der Waals surface area contributed by atoms with Crippen LogP contribution in [0.25, 0.3) is 0 Å². The molecular formula is C18H36O4. The number of unbranched alkanes of at least 4 members (excludes halogenated alkanes) is 6. The van der Waals surface area contributed by atoms with E-state index in [0.717, 1.165) is 51.4 Å². The second-order valence-electron chi connectivity index (χ2n) is 6.57. The van der Waals surface area contributed by atoms with Crippen LogP contribution in [0.3, 0.4) is 0 Å². The lowest BCUT2D eigenvalue weighted by Crippen LogP contribution is -2.59. The summed E-state index contributed by atoms with van der Waals surface area (Å²) in [7, 11) is 0. The van der Waals surface area contributed by atoms with Crippen LogP contribution in [0.1, 0.15) is 97.8 Å². The van der Waals surface area contributed by atoms with Gasteiger partial charge in [-0.3, -0.25) is 0 Å². The number of hydrogen-bond donors (Lipinski definition) is 3. The molecule has 0 aromatic heterocycles. The van der Waals surface area contributed by atoms with Crippen molar-refractivity contribution in [2.75, 3.05) is 0 Å². The van der Waals surface area contributed by atoms with Crippen LogP contribution in [-0.4, -0.2) is 32.5 Å². The third-order valence-corrected chi connectivity index (χ3v) is 4.65. The molecule has 0 aromatic rings. The molecule has 0 aliphatic rings. The molecule has 0 heterocycles. The predicted octanol–water partition coefficient (Wildman–Crippen LogP) is 4.27. The van der Waals surface area contributed by atoms with E-state index in [0.29, 0.717) is 19.3 Å². The predicted molar refractivity (Wildman–Crippen MR) is 90.0 cm³/mol. The maximum absolute atomic E-state index is 11.7. The second-order valence-corrected chi connectivity index (χ2v) is 6.57. The first kappa shape index (κ1) is 21.4. The van der Waals surface area contributed by atoms with Gasteiger partial charge in [0.2, 0.25) is 0 Å². The Morgan fingerprint density at radius 3 is 1.41 bits per heavy atom. The zero-order chi connectivity index (χ0) is 17.1. The Morgan fingerprint density at radius 1 is 0.727 bits per heavy atom. The molecule has 0 aliphatic carbocycles. The van der Waals surface area contributed by atoms with E-state index in [1.807, 2.05) is 6.92 Å². The van der Waals surface area contributed by atoms with Crippen LogP contribution in [0.5, 0.6) is 0 Å². The topological polar surface area (TPSA) is 77.8 Å². The Kier molecular flexibility index (Phi) is 10.7. The Morgan fingerprint density at radius 2 is 1.09 bits per heavy atom. The molecule has 1 atom stereocenters. The highest BCUT2D eigenvalue weighted by molar-refractivity contribution is 5.79. The van der Waals surface area contributed by atoms with Crippen molar-refractivity contribution >= 4 is 5.97 Å². The smallest absolute Gasteiger partial charge is 0.338 e. The van der Waals surface area contributed by atoms with Gasteiger partial charge < -0.3 is 15.3 Å². The normalized spacial score (nSPS) is 14.8. The van der Waals surface area contributed by atoms with Crippen molar-refractivity contribution in [2.45, 2.75) is 109 Å². The first-order valence-corrected chi connectivity index (χ1v) is 9.06. The fourth-order valence-corrected chi connectivity index (χ4v) is 3.04. The van der Waals surface area contributed by atoms with Crippen molar-refractivity contribution in [1.82, 2.24) is 0 Å². The Balaban J connectivity index is 5.10. The number of carboxylic acids is 1. The summed E-state index contributed by atoms with van der Waals surface area (Å²) in [5.74, 6) is -1.28. The van der Waals surface area contributed by atoms with Crippen LogP contribution in [0.4, 0.5) is 0 Å². The zero-order valence-electron chi connectivity index (χ0n) is 14.7. The third kappa shape index (κ3) is 6.25. The Hall–Kier alpha value is -0.610. The molecule has 4 nitrogen and oxygen atoms in total. The van der Waals surface area contributed by atoms with Crippen molar-refractivity contribution in [3.05, 3.63) is 0 Å². The molecule has 0 amide bonds. The van der Waals surface area contributed by atoms with Gasteiger partial charge in [0.15, 0.2) is 5.60 Å². The molecule has 0 aliphatic heterocycles. The first-order valence-electron chi connectivity index (χ1n) is 9.06. The summed E-state index contributed by atoms with van der Waals surface area (Å²) >= 11 is 0. The molecule has 1 unspecified atom stereocenters. The molecule has 0 saturated carbocycles. The van der Waals surface area contributed by atoms with E-state index in [9.17, 15) is 20.1 Å². The Labute approximate surface area is 135 Å². The number of rotatable bonds is 14. The number of hydrogen-bond acceptors (Lipinski definition) is 3. The summed E-state index contributed by atoms with van der Waals surface area (Å²) in [5.41, 5.74) is -3.54. The fourth-order valence-electron chi connectivity index (χ4n) is 3.04. The standard InChI is InChI=1S/C18H36O4/c1-4-7-10-13-17(21,14-11-8-5-2)18(22,16(19)20)15-12-9-6-3/h21-22H,4-15H2,1-3H3,(H,19,20). The molecule has 0 bridgehead atoms. The van der Waals surface area contributed by atoms with Crippen LogP contribution in [-0.2, 0) is 4.79 Å². The third-order valence-electron chi connectivity index (χ3n) is 4.65. The molecule has 0 fully saturated rings. The fraction of sp³-hybridized carbons (Fsp3) is 0.944. The molecular weight excluding hydrogens is 280 g/mol. The van der Waals surface area contributed by atoms with Gasteiger partial charge in [0.1, 0.15) is 5.60 Å². The lowest BCUT2D eigenvalue weighted by molar-refractivity contribution is -0.199. The molecule has 0 spiro atoms. The van der Waals surface area contributed by atoms with E-state index < -0.39 is 17.2 Å². The maximum atomic E-state index is 11.7. The van der Waals surface area contributed by atoms with Gasteiger partial charge in [-0.15, -0.1) is 0 Å². The van der Waals surface area contributed by atoms with E-state index >= 15 is 0 Å². The van der Waals surface area contributed by atoms with Gasteiger partial charge in [-0.05, 0) is 25.7 Å². The maximum Gasteiger partial charge on any atom is 0.338 e. The molecule has 0 aromatic carbocycles. The minimum absolute atomic E-state index is 0.130. The van der Waals surface area contributed by atoms with Crippen LogP contribution in [0.15, 0.2) is 0 Å². The number of carboxylic acid groups (broad SMARTS) is 1. The van der Waals surface area contributed by atoms with Crippen LogP contribution in [0.2, 0.25) is 0 Å². The minimum Gasteiger partial charge on any atom is -0.479 e. The lowest BCUT2D eigenvalue weighted by atomic mass is 9.73. The summed E-state index contributed by atoms with van der Waals surface area (Å²) in [6, 6.07) is 0. The quantitative estimate of drug-likeness (QED) is 0.418. The average Bonchev–Trinajstić information content (AvgIpc) is 2.47. The number of aliphatic carboxylic acids is 1. The monoisotopic (exact) mass is 316 g/mol. The molecule has 0 rings (SSSR count). The van der Waals surface area contributed by atoms with Gasteiger partial charge in [-0.1, -0.05) is 72.1 Å². The summed E-state index contributed by atoms with van der Waals surface area (Å²) in [4.78, 5) is 11.7. The van der Waals surface area contributed by atoms with Gasteiger partial charge in [0.25, 0.3) is 0 Å². The van der Waals surface area contributed by atoms with Crippen molar-refractivity contribution < 1.29 is 20.1 Å². The van der Waals surface area contributed by atoms with Crippen LogP contribution >= 0.6 is 0 Å². The highest BCUT2D eigenvalue weighted by Gasteiger charge is 2.53. The summed E-state index contributed by atoms with van der Waals surface area (Å²) in [5, 5.41) is 31.4. The van der Waals surface area contributed by atoms with E-state index in [1.165, 1.54) is 0 Å². The van der Waals surface area contributed by atoms with E-state index in [4.69, 9.17) is 0 Å². The van der Waals surface area contributed by atoms with E-state index in [2.05, 4.69) is 13.8 Å². The summed E-state index contributed by atoms with van der Waals surface area (Å²) in [6.07, 6.45) is 8.72. The van der Waals surface area contributed by atoms with Gasteiger partial charge >= 0.3 is 5.97 Å². The van der Waals surface area contributed by atoms with Crippen molar-refractivity contribution in [3.8, 4) is 0 Å². The van der Waals surface area contributed by atoms with Gasteiger partial charge in [-0.25, -0.2) is 4.79 Å². The van der Waals surface area contributed by atoms with Crippen molar-refractivity contribution in [2.24, 2.45) is 0 Å².